The summed E-state index contributed by atoms with van der Waals surface area (Å²) >= 11 is 0. The van der Waals surface area contributed by atoms with E-state index in [1.165, 1.54) is 0 Å². The Kier molecular flexibility index (Phi) is 6.62. The Labute approximate surface area is 80.9 Å². The van der Waals surface area contributed by atoms with Crippen LogP contribution < -0.4 is 5.73 Å². The van der Waals surface area contributed by atoms with E-state index >= 15 is 0 Å². The van der Waals surface area contributed by atoms with Crippen LogP contribution in [0.4, 0.5) is 4.39 Å². The summed E-state index contributed by atoms with van der Waals surface area (Å²) in [6.45, 7) is 4.44. The van der Waals surface area contributed by atoms with Crippen molar-refractivity contribution in [3.8, 4) is 12.3 Å². The van der Waals surface area contributed by atoms with Gasteiger partial charge in [-0.05, 0) is 25.3 Å². The third-order valence-electron chi connectivity index (χ3n) is 2.39. The van der Waals surface area contributed by atoms with Crippen LogP contribution in [0.5, 0.6) is 0 Å². The lowest BCUT2D eigenvalue weighted by Crippen LogP contribution is -2.29. The van der Waals surface area contributed by atoms with Crippen molar-refractivity contribution >= 4 is 0 Å². The van der Waals surface area contributed by atoms with Crippen LogP contribution >= 0.6 is 0 Å². The predicted molar refractivity (Wildman–Crippen MR) is 55.0 cm³/mol. The fourth-order valence-electron chi connectivity index (χ4n) is 1.45. The van der Waals surface area contributed by atoms with Crippen LogP contribution in [-0.2, 0) is 0 Å². The fourth-order valence-corrected chi connectivity index (χ4v) is 1.45. The van der Waals surface area contributed by atoms with Gasteiger partial charge < -0.3 is 5.73 Å². The lowest BCUT2D eigenvalue weighted by Gasteiger charge is -2.22. The van der Waals surface area contributed by atoms with E-state index < -0.39 is 6.17 Å². The first-order valence-corrected chi connectivity index (χ1v) is 4.91. The third-order valence-corrected chi connectivity index (χ3v) is 2.39. The normalized spacial score (nSPS) is 15.4. The Morgan fingerprint density at radius 2 is 2.08 bits per heavy atom. The third kappa shape index (κ3) is 4.90. The maximum Gasteiger partial charge on any atom is 0.104 e. The Morgan fingerprint density at radius 1 is 1.46 bits per heavy atom. The van der Waals surface area contributed by atoms with Crippen LogP contribution in [0.2, 0.25) is 0 Å². The molecule has 0 amide bonds. The Bertz CT molecular complexity index is 160. The molecule has 0 aliphatic rings. The zero-order valence-electron chi connectivity index (χ0n) is 8.59. The smallest absolute Gasteiger partial charge is 0.104 e. The number of hydrogen-bond acceptors (Lipinski definition) is 1. The number of alkyl halides is 1. The van der Waals surface area contributed by atoms with Gasteiger partial charge in [0.2, 0.25) is 0 Å². The monoisotopic (exact) mass is 185 g/mol. The molecular weight excluding hydrogens is 165 g/mol. The molecule has 0 aliphatic carbocycles. The molecule has 13 heavy (non-hydrogen) atoms. The van der Waals surface area contributed by atoms with Crippen molar-refractivity contribution in [1.29, 1.82) is 0 Å². The van der Waals surface area contributed by atoms with Crippen LogP contribution in [0, 0.1) is 24.2 Å². The van der Waals surface area contributed by atoms with Gasteiger partial charge >= 0.3 is 0 Å². The van der Waals surface area contributed by atoms with E-state index in [9.17, 15) is 4.39 Å². The number of rotatable bonds is 6. The second kappa shape index (κ2) is 6.91. The molecule has 0 rings (SSSR count). The quantitative estimate of drug-likeness (QED) is 0.499. The maximum atomic E-state index is 13.5. The van der Waals surface area contributed by atoms with Crippen molar-refractivity contribution in [2.24, 2.45) is 17.6 Å². The molecule has 0 aliphatic heterocycles. The Morgan fingerprint density at radius 3 is 2.46 bits per heavy atom. The molecule has 76 valence electrons. The molecule has 0 aromatic rings. The zero-order chi connectivity index (χ0) is 10.3. The average Bonchev–Trinajstić information content (AvgIpc) is 2.05. The first kappa shape index (κ1) is 12.4. The van der Waals surface area contributed by atoms with E-state index in [1.54, 1.807) is 0 Å². The maximum absolute atomic E-state index is 13.5. The minimum atomic E-state index is -0.793. The van der Waals surface area contributed by atoms with Crippen LogP contribution in [0.15, 0.2) is 0 Å². The summed E-state index contributed by atoms with van der Waals surface area (Å²) in [5.74, 6) is 2.81. The van der Waals surface area contributed by atoms with Gasteiger partial charge in [-0.1, -0.05) is 13.8 Å². The standard InChI is InChI=1S/C11H20FN/c1-4-5-6-7-11(12)10(8-13)9(2)3/h1,9-11H,5-8,13H2,2-3H3. The molecule has 0 aromatic carbocycles. The Hall–Kier alpha value is -0.550. The summed E-state index contributed by atoms with van der Waals surface area (Å²) in [6, 6.07) is 0. The number of unbranched alkanes of at least 4 members (excludes halogenated alkanes) is 1. The summed E-state index contributed by atoms with van der Waals surface area (Å²) in [5.41, 5.74) is 5.50. The van der Waals surface area contributed by atoms with E-state index in [0.29, 0.717) is 25.3 Å². The van der Waals surface area contributed by atoms with E-state index in [4.69, 9.17) is 12.2 Å². The molecule has 2 unspecified atom stereocenters. The highest BCUT2D eigenvalue weighted by Crippen LogP contribution is 2.21. The van der Waals surface area contributed by atoms with E-state index in [0.717, 1.165) is 6.42 Å². The summed E-state index contributed by atoms with van der Waals surface area (Å²) in [4.78, 5) is 0. The summed E-state index contributed by atoms with van der Waals surface area (Å²) in [6.07, 6.45) is 6.27. The molecule has 2 N–H and O–H groups in total. The van der Waals surface area contributed by atoms with Crippen LogP contribution in [0.3, 0.4) is 0 Å². The van der Waals surface area contributed by atoms with Gasteiger partial charge in [-0.15, -0.1) is 12.3 Å². The van der Waals surface area contributed by atoms with Gasteiger partial charge in [-0.25, -0.2) is 4.39 Å². The van der Waals surface area contributed by atoms with Gasteiger partial charge in [0.05, 0.1) is 0 Å². The first-order chi connectivity index (χ1) is 6.13. The highest BCUT2D eigenvalue weighted by Gasteiger charge is 2.21. The second-order valence-electron chi connectivity index (χ2n) is 3.76. The van der Waals surface area contributed by atoms with E-state index in [2.05, 4.69) is 5.92 Å². The molecule has 0 aromatic heterocycles. The molecule has 1 nitrogen and oxygen atoms in total. The second-order valence-corrected chi connectivity index (χ2v) is 3.76. The molecular formula is C11H20FN. The Balaban J connectivity index is 3.78. The molecule has 0 bridgehead atoms. The van der Waals surface area contributed by atoms with Crippen LogP contribution in [0.1, 0.15) is 33.1 Å². The highest BCUT2D eigenvalue weighted by molar-refractivity contribution is 4.84. The van der Waals surface area contributed by atoms with Gasteiger partial charge in [-0.2, -0.15) is 0 Å². The lowest BCUT2D eigenvalue weighted by molar-refractivity contribution is 0.173. The van der Waals surface area contributed by atoms with Gasteiger partial charge in [0, 0.05) is 12.3 Å². The van der Waals surface area contributed by atoms with Crippen molar-refractivity contribution in [2.45, 2.75) is 39.3 Å². The minimum absolute atomic E-state index is 0.0159. The number of terminal acetylenes is 1. The molecule has 0 heterocycles. The van der Waals surface area contributed by atoms with Crippen molar-refractivity contribution in [2.75, 3.05) is 6.54 Å². The predicted octanol–water partition coefficient (Wildman–Crippen LogP) is 2.36. The van der Waals surface area contributed by atoms with Gasteiger partial charge in [-0.3, -0.25) is 0 Å². The molecule has 0 radical (unpaired) electrons. The van der Waals surface area contributed by atoms with Crippen molar-refractivity contribution < 1.29 is 4.39 Å². The minimum Gasteiger partial charge on any atom is -0.330 e. The lowest BCUT2D eigenvalue weighted by atomic mass is 9.89. The molecule has 2 heteroatoms. The number of halogens is 1. The largest absolute Gasteiger partial charge is 0.330 e. The first-order valence-electron chi connectivity index (χ1n) is 4.91. The van der Waals surface area contributed by atoms with E-state index in [1.807, 2.05) is 13.8 Å². The molecule has 0 fully saturated rings. The fraction of sp³-hybridized carbons (Fsp3) is 0.818. The van der Waals surface area contributed by atoms with Gasteiger partial charge in [0.15, 0.2) is 0 Å². The topological polar surface area (TPSA) is 26.0 Å². The molecule has 0 saturated heterocycles. The molecule has 0 spiro atoms. The van der Waals surface area contributed by atoms with Crippen molar-refractivity contribution in [3.05, 3.63) is 0 Å². The van der Waals surface area contributed by atoms with Gasteiger partial charge in [0.1, 0.15) is 6.17 Å². The summed E-state index contributed by atoms with van der Waals surface area (Å²) < 4.78 is 13.5. The SMILES string of the molecule is C#CCCCC(F)C(CN)C(C)C. The number of nitrogens with two attached hydrogens (primary N) is 1. The van der Waals surface area contributed by atoms with E-state index in [-0.39, 0.29) is 5.92 Å². The van der Waals surface area contributed by atoms with Crippen LogP contribution in [-0.4, -0.2) is 12.7 Å². The van der Waals surface area contributed by atoms with Crippen molar-refractivity contribution in [3.63, 3.8) is 0 Å². The highest BCUT2D eigenvalue weighted by atomic mass is 19.1. The van der Waals surface area contributed by atoms with Crippen LogP contribution in [0.25, 0.3) is 0 Å². The molecule has 2 atom stereocenters. The number of hydrogen-bond donors (Lipinski definition) is 1. The summed E-state index contributed by atoms with van der Waals surface area (Å²) in [5, 5.41) is 0. The van der Waals surface area contributed by atoms with Crippen molar-refractivity contribution in [1.82, 2.24) is 0 Å². The van der Waals surface area contributed by atoms with Gasteiger partial charge in [0.25, 0.3) is 0 Å². The average molecular weight is 185 g/mol. The summed E-state index contributed by atoms with van der Waals surface area (Å²) in [7, 11) is 0. The zero-order valence-corrected chi connectivity index (χ0v) is 8.59. The molecule has 0 saturated carbocycles.